The molecule has 0 saturated carbocycles. The Kier molecular flexibility index (Phi) is 7.56. The van der Waals surface area contributed by atoms with Gasteiger partial charge in [0.15, 0.2) is 0 Å². The summed E-state index contributed by atoms with van der Waals surface area (Å²) in [7, 11) is 1.61. The van der Waals surface area contributed by atoms with Crippen LogP contribution in [-0.2, 0) is 6.42 Å². The van der Waals surface area contributed by atoms with Gasteiger partial charge in [0.1, 0.15) is 6.17 Å². The lowest BCUT2D eigenvalue weighted by atomic mass is 9.88. The first-order chi connectivity index (χ1) is 14.1. The number of nitrogens with two attached hydrogens (primary N) is 1. The van der Waals surface area contributed by atoms with Crippen LogP contribution >= 0.6 is 0 Å². The van der Waals surface area contributed by atoms with Gasteiger partial charge in [-0.3, -0.25) is 15.1 Å². The fourth-order valence-corrected chi connectivity index (χ4v) is 6.02. The van der Waals surface area contributed by atoms with E-state index in [4.69, 9.17) is 5.73 Å². The van der Waals surface area contributed by atoms with Crippen LogP contribution in [-0.4, -0.2) is 75.1 Å². The number of hydrogen-bond acceptors (Lipinski definition) is 7. The highest BCUT2D eigenvalue weighted by molar-refractivity contribution is 5.14. The van der Waals surface area contributed by atoms with Crippen molar-refractivity contribution in [2.45, 2.75) is 82.9 Å². The number of fused-ring (bicyclic) bond motifs is 2. The van der Waals surface area contributed by atoms with E-state index in [9.17, 15) is 15.3 Å². The van der Waals surface area contributed by atoms with Crippen molar-refractivity contribution in [1.29, 1.82) is 0 Å². The lowest BCUT2D eigenvalue weighted by Gasteiger charge is -2.50. The van der Waals surface area contributed by atoms with E-state index >= 15 is 0 Å². The first-order valence-corrected chi connectivity index (χ1v) is 11.3. The molecule has 1 aromatic rings. The van der Waals surface area contributed by atoms with Crippen molar-refractivity contribution in [3.8, 4) is 0 Å². The molecule has 0 radical (unpaired) electrons. The summed E-state index contributed by atoms with van der Waals surface area (Å²) in [4.78, 5) is 4.51. The molecule has 2 bridgehead atoms. The molecule has 30 heavy (non-hydrogen) atoms. The second-order valence-electron chi connectivity index (χ2n) is 9.44. The number of nitrogens with one attached hydrogen (secondary N) is 1. The van der Waals surface area contributed by atoms with E-state index in [0.717, 1.165) is 32.2 Å². The average molecular weight is 421 g/mol. The van der Waals surface area contributed by atoms with Gasteiger partial charge in [0, 0.05) is 24.0 Å². The molecule has 3 rings (SSSR count). The van der Waals surface area contributed by atoms with E-state index in [1.54, 1.807) is 7.05 Å². The maximum Gasteiger partial charge on any atom is 0.306 e. The van der Waals surface area contributed by atoms with E-state index in [1.165, 1.54) is 5.56 Å². The smallest absolute Gasteiger partial charge is 0.306 e. The van der Waals surface area contributed by atoms with E-state index in [1.807, 2.05) is 4.90 Å². The van der Waals surface area contributed by atoms with Gasteiger partial charge in [-0.1, -0.05) is 44.2 Å². The van der Waals surface area contributed by atoms with Crippen molar-refractivity contribution in [2.24, 2.45) is 17.6 Å². The predicted molar refractivity (Wildman–Crippen MR) is 118 cm³/mol. The highest BCUT2D eigenvalue weighted by Crippen LogP contribution is 2.41. The molecule has 2 aliphatic heterocycles. The van der Waals surface area contributed by atoms with Gasteiger partial charge in [0.05, 0.1) is 6.17 Å². The monoisotopic (exact) mass is 420 g/mol. The molecular formula is C23H40N4O3. The van der Waals surface area contributed by atoms with Crippen LogP contribution < -0.4 is 11.1 Å². The largest absolute Gasteiger partial charge is 0.341 e. The van der Waals surface area contributed by atoms with E-state index < -0.39 is 18.3 Å². The standard InChI is InChI=1S/C23H40N4O3/c1-15-13-19-14-16(2)27(22(25-4)23(28,29)30)21(24)17(3)20(15)26(19)12-8-11-18-9-6-5-7-10-18/h5-7,9-10,15-17,19-22,25,28-30H,8,11-14,24H2,1-4H3. The number of likely N-dealkylation sites (N-methyl/N-ethyl adjacent to an activating group) is 1. The van der Waals surface area contributed by atoms with Crippen LogP contribution in [0.5, 0.6) is 0 Å². The number of aryl methyl sites for hydroxylation is 1. The first-order valence-electron chi connectivity index (χ1n) is 11.3. The van der Waals surface area contributed by atoms with Gasteiger partial charge in [0.25, 0.3) is 0 Å². The van der Waals surface area contributed by atoms with Gasteiger partial charge < -0.3 is 21.1 Å². The first kappa shape index (κ1) is 23.6. The van der Waals surface area contributed by atoms with Crippen LogP contribution in [0.15, 0.2) is 30.3 Å². The maximum atomic E-state index is 9.93. The third kappa shape index (κ3) is 4.88. The Morgan fingerprint density at radius 3 is 2.40 bits per heavy atom. The number of benzene rings is 1. The number of rotatable bonds is 7. The molecule has 2 heterocycles. The zero-order valence-corrected chi connectivity index (χ0v) is 18.8. The van der Waals surface area contributed by atoms with Crippen LogP contribution in [0.2, 0.25) is 0 Å². The summed E-state index contributed by atoms with van der Waals surface area (Å²) in [5.41, 5.74) is 8.08. The molecule has 0 aromatic heterocycles. The van der Waals surface area contributed by atoms with Crippen molar-refractivity contribution in [3.63, 3.8) is 0 Å². The Hall–Kier alpha value is -1.06. The minimum absolute atomic E-state index is 0.0152. The van der Waals surface area contributed by atoms with Gasteiger partial charge >= 0.3 is 5.97 Å². The van der Waals surface area contributed by atoms with Crippen molar-refractivity contribution in [3.05, 3.63) is 35.9 Å². The van der Waals surface area contributed by atoms with Gasteiger partial charge in [-0.05, 0) is 57.7 Å². The Balaban J connectivity index is 1.78. The summed E-state index contributed by atoms with van der Waals surface area (Å²) in [6, 6.07) is 11.4. The van der Waals surface area contributed by atoms with E-state index in [0.29, 0.717) is 18.0 Å². The third-order valence-electron chi connectivity index (χ3n) is 7.29. The number of nitrogens with zero attached hydrogens (tertiary/aromatic N) is 2. The molecule has 7 atom stereocenters. The van der Waals surface area contributed by atoms with E-state index in [2.05, 4.69) is 61.3 Å². The minimum Gasteiger partial charge on any atom is -0.341 e. The summed E-state index contributed by atoms with van der Waals surface area (Å²) < 4.78 is 0. The molecule has 0 aliphatic carbocycles. The Morgan fingerprint density at radius 2 is 1.80 bits per heavy atom. The summed E-state index contributed by atoms with van der Waals surface area (Å²) in [5, 5.41) is 32.6. The molecule has 2 aliphatic rings. The molecule has 0 spiro atoms. The van der Waals surface area contributed by atoms with Crippen LogP contribution in [0.25, 0.3) is 0 Å². The van der Waals surface area contributed by atoms with E-state index in [-0.39, 0.29) is 12.0 Å². The molecular weight excluding hydrogens is 380 g/mol. The normalized spacial score (nSPS) is 34.5. The van der Waals surface area contributed by atoms with Gasteiger partial charge in [0.2, 0.25) is 0 Å². The van der Waals surface area contributed by atoms with Crippen molar-refractivity contribution in [2.75, 3.05) is 13.6 Å². The van der Waals surface area contributed by atoms with Gasteiger partial charge in [-0.2, -0.15) is 0 Å². The molecule has 2 saturated heterocycles. The molecule has 2 fully saturated rings. The lowest BCUT2D eigenvalue weighted by Crippen LogP contribution is -2.69. The highest BCUT2D eigenvalue weighted by Gasteiger charge is 2.50. The molecule has 7 unspecified atom stereocenters. The lowest BCUT2D eigenvalue weighted by molar-refractivity contribution is -0.352. The quantitative estimate of drug-likeness (QED) is 0.417. The van der Waals surface area contributed by atoms with Gasteiger partial charge in [-0.15, -0.1) is 0 Å². The predicted octanol–water partition coefficient (Wildman–Crippen LogP) is 0.890. The topological polar surface area (TPSA) is 105 Å². The molecule has 7 heteroatoms. The molecule has 6 N–H and O–H groups in total. The zero-order chi connectivity index (χ0) is 22.1. The van der Waals surface area contributed by atoms with Gasteiger partial charge in [-0.25, -0.2) is 0 Å². The van der Waals surface area contributed by atoms with Crippen LogP contribution in [0, 0.1) is 11.8 Å². The maximum absolute atomic E-state index is 9.93. The minimum atomic E-state index is -2.86. The van der Waals surface area contributed by atoms with Crippen molar-refractivity contribution >= 4 is 0 Å². The number of aliphatic hydroxyl groups is 3. The Morgan fingerprint density at radius 1 is 1.13 bits per heavy atom. The highest BCUT2D eigenvalue weighted by atomic mass is 16.7. The second kappa shape index (κ2) is 9.61. The summed E-state index contributed by atoms with van der Waals surface area (Å²) >= 11 is 0. The second-order valence-corrected chi connectivity index (χ2v) is 9.44. The molecule has 7 nitrogen and oxygen atoms in total. The number of hydrogen-bond donors (Lipinski definition) is 5. The zero-order valence-electron chi connectivity index (χ0n) is 18.8. The SMILES string of the molecule is CNC(N1C(C)CC2CC(C)C(C(C)C1N)N2CCCc1ccccc1)C(O)(O)O. The average Bonchev–Trinajstić information content (AvgIpc) is 2.99. The Labute approximate surface area is 180 Å². The molecule has 170 valence electrons. The fourth-order valence-electron chi connectivity index (χ4n) is 6.02. The molecule has 0 amide bonds. The Bertz CT molecular complexity index is 668. The van der Waals surface area contributed by atoms with Crippen LogP contribution in [0.4, 0.5) is 0 Å². The summed E-state index contributed by atoms with van der Waals surface area (Å²) in [5.74, 6) is -2.22. The van der Waals surface area contributed by atoms with Crippen LogP contribution in [0.1, 0.15) is 45.6 Å². The summed E-state index contributed by atoms with van der Waals surface area (Å²) in [6.07, 6.45) is 2.71. The van der Waals surface area contributed by atoms with Crippen molar-refractivity contribution < 1.29 is 15.3 Å². The van der Waals surface area contributed by atoms with Crippen molar-refractivity contribution in [1.82, 2.24) is 15.1 Å². The molecule has 1 aromatic carbocycles. The van der Waals surface area contributed by atoms with Crippen LogP contribution in [0.3, 0.4) is 0 Å². The summed E-state index contributed by atoms with van der Waals surface area (Å²) in [6.45, 7) is 7.57. The fraction of sp³-hybridized carbons (Fsp3) is 0.739. The third-order valence-corrected chi connectivity index (χ3v) is 7.29.